The second kappa shape index (κ2) is 10.1. The highest BCUT2D eigenvalue weighted by molar-refractivity contribution is 5.94. The Bertz CT molecular complexity index is 833. The number of rotatable bonds is 9. The number of carbonyl (C=O) groups is 3. The van der Waals surface area contributed by atoms with Crippen molar-refractivity contribution in [2.75, 3.05) is 20.3 Å². The first-order valence-electron chi connectivity index (χ1n) is 8.89. The average molecular weight is 384 g/mol. The number of hydrogen-bond acceptors (Lipinski definition) is 5. The number of ether oxygens (including phenoxy) is 2. The standard InChI is InChI=1S/C21H24N2O5/c1-3-15-8-10-16(11-9-15)12-23(2)20(25)14-28-21(26)17-6-4-5-7-18(17)27-13-19(22)24/h4-11H,3,12-14H2,1-2H3,(H2,22,24). The van der Waals surface area contributed by atoms with E-state index in [9.17, 15) is 14.4 Å². The molecule has 7 heteroatoms. The minimum Gasteiger partial charge on any atom is -0.483 e. The molecule has 0 saturated heterocycles. The summed E-state index contributed by atoms with van der Waals surface area (Å²) in [4.78, 5) is 36.9. The van der Waals surface area contributed by atoms with Crippen molar-refractivity contribution in [1.29, 1.82) is 0 Å². The molecule has 2 N–H and O–H groups in total. The lowest BCUT2D eigenvalue weighted by atomic mass is 10.1. The van der Waals surface area contributed by atoms with Crippen LogP contribution < -0.4 is 10.5 Å². The van der Waals surface area contributed by atoms with Crippen molar-refractivity contribution < 1.29 is 23.9 Å². The molecule has 2 rings (SSSR count). The van der Waals surface area contributed by atoms with Crippen LogP contribution in [0.25, 0.3) is 0 Å². The molecule has 28 heavy (non-hydrogen) atoms. The van der Waals surface area contributed by atoms with Crippen LogP contribution in [0.15, 0.2) is 48.5 Å². The molecule has 0 unspecified atom stereocenters. The van der Waals surface area contributed by atoms with E-state index >= 15 is 0 Å². The van der Waals surface area contributed by atoms with Gasteiger partial charge in [-0.1, -0.05) is 43.3 Å². The molecule has 0 heterocycles. The quantitative estimate of drug-likeness (QED) is 0.666. The lowest BCUT2D eigenvalue weighted by Gasteiger charge is -2.17. The van der Waals surface area contributed by atoms with Crippen LogP contribution in [-0.4, -0.2) is 42.9 Å². The number of primary amides is 1. The SMILES string of the molecule is CCc1ccc(CN(C)C(=O)COC(=O)c2ccccc2OCC(N)=O)cc1. The van der Waals surface area contributed by atoms with Gasteiger partial charge in [-0.15, -0.1) is 0 Å². The zero-order valence-corrected chi connectivity index (χ0v) is 16.0. The maximum Gasteiger partial charge on any atom is 0.342 e. The van der Waals surface area contributed by atoms with E-state index in [2.05, 4.69) is 6.92 Å². The molecule has 2 amide bonds. The summed E-state index contributed by atoms with van der Waals surface area (Å²) in [7, 11) is 1.65. The molecule has 0 aromatic heterocycles. The lowest BCUT2D eigenvalue weighted by molar-refractivity contribution is -0.133. The molecule has 0 aliphatic carbocycles. The highest BCUT2D eigenvalue weighted by atomic mass is 16.5. The third-order valence-electron chi connectivity index (χ3n) is 4.08. The van der Waals surface area contributed by atoms with Crippen molar-refractivity contribution >= 4 is 17.8 Å². The van der Waals surface area contributed by atoms with Gasteiger partial charge in [0.15, 0.2) is 13.2 Å². The number of aryl methyl sites for hydroxylation is 1. The summed E-state index contributed by atoms with van der Waals surface area (Å²) in [5.41, 5.74) is 7.38. The summed E-state index contributed by atoms with van der Waals surface area (Å²) in [5.74, 6) is -1.53. The number of esters is 1. The summed E-state index contributed by atoms with van der Waals surface area (Å²) in [6.45, 7) is 1.74. The smallest absolute Gasteiger partial charge is 0.342 e. The minimum atomic E-state index is -0.714. The summed E-state index contributed by atoms with van der Waals surface area (Å²) in [5, 5.41) is 0. The molecule has 0 bridgehead atoms. The van der Waals surface area contributed by atoms with Crippen LogP contribution in [0.1, 0.15) is 28.4 Å². The predicted octanol–water partition coefficient (Wildman–Crippen LogP) is 1.93. The number of hydrogen-bond donors (Lipinski definition) is 1. The first kappa shape index (κ1) is 21.0. The molecule has 2 aromatic rings. The van der Waals surface area contributed by atoms with E-state index in [1.54, 1.807) is 19.2 Å². The van der Waals surface area contributed by atoms with Crippen LogP contribution in [0, 0.1) is 0 Å². The fourth-order valence-electron chi connectivity index (χ4n) is 2.47. The van der Waals surface area contributed by atoms with Gasteiger partial charge in [0.1, 0.15) is 11.3 Å². The van der Waals surface area contributed by atoms with Gasteiger partial charge in [0.25, 0.3) is 11.8 Å². The van der Waals surface area contributed by atoms with Crippen molar-refractivity contribution in [2.45, 2.75) is 19.9 Å². The number of para-hydroxylation sites is 1. The molecule has 7 nitrogen and oxygen atoms in total. The van der Waals surface area contributed by atoms with Gasteiger partial charge in [0, 0.05) is 13.6 Å². The van der Waals surface area contributed by atoms with Crippen molar-refractivity contribution in [1.82, 2.24) is 4.90 Å². The first-order valence-corrected chi connectivity index (χ1v) is 8.89. The highest BCUT2D eigenvalue weighted by Gasteiger charge is 2.17. The third-order valence-corrected chi connectivity index (χ3v) is 4.08. The highest BCUT2D eigenvalue weighted by Crippen LogP contribution is 2.19. The Morgan fingerprint density at radius 2 is 1.61 bits per heavy atom. The number of benzene rings is 2. The molecule has 0 spiro atoms. The van der Waals surface area contributed by atoms with Gasteiger partial charge in [-0.2, -0.15) is 0 Å². The maximum atomic E-state index is 12.3. The first-order chi connectivity index (χ1) is 13.4. The Labute approximate surface area is 164 Å². The molecule has 148 valence electrons. The van der Waals surface area contributed by atoms with Gasteiger partial charge in [-0.05, 0) is 29.7 Å². The van der Waals surface area contributed by atoms with E-state index in [0.717, 1.165) is 12.0 Å². The van der Waals surface area contributed by atoms with Crippen molar-refractivity contribution in [3.63, 3.8) is 0 Å². The zero-order chi connectivity index (χ0) is 20.5. The fraction of sp³-hybridized carbons (Fsp3) is 0.286. The average Bonchev–Trinajstić information content (AvgIpc) is 2.70. The molecular formula is C21H24N2O5. The van der Waals surface area contributed by atoms with E-state index in [4.69, 9.17) is 15.2 Å². The molecule has 0 aliphatic rings. The van der Waals surface area contributed by atoms with Crippen molar-refractivity contribution in [3.05, 3.63) is 65.2 Å². The van der Waals surface area contributed by atoms with E-state index in [1.165, 1.54) is 22.6 Å². The van der Waals surface area contributed by atoms with E-state index in [1.807, 2.05) is 24.3 Å². The Morgan fingerprint density at radius 3 is 2.25 bits per heavy atom. The molecule has 0 fully saturated rings. The normalized spacial score (nSPS) is 10.2. The summed E-state index contributed by atoms with van der Waals surface area (Å²) < 4.78 is 10.3. The molecule has 2 aromatic carbocycles. The van der Waals surface area contributed by atoms with Gasteiger partial charge >= 0.3 is 5.97 Å². The Kier molecular flexibility index (Phi) is 7.56. The van der Waals surface area contributed by atoms with E-state index in [-0.39, 0.29) is 23.8 Å². The minimum absolute atomic E-state index is 0.120. The Hall–Kier alpha value is -3.35. The monoisotopic (exact) mass is 384 g/mol. The number of nitrogens with zero attached hydrogens (tertiary/aromatic N) is 1. The maximum absolute atomic E-state index is 12.3. The van der Waals surface area contributed by atoms with Crippen LogP contribution in [0.4, 0.5) is 0 Å². The fourth-order valence-corrected chi connectivity index (χ4v) is 2.47. The van der Waals surface area contributed by atoms with Crippen LogP contribution >= 0.6 is 0 Å². The van der Waals surface area contributed by atoms with Crippen LogP contribution in [-0.2, 0) is 27.3 Å². The summed E-state index contributed by atoms with van der Waals surface area (Å²) in [6, 6.07) is 14.3. The number of amides is 2. The van der Waals surface area contributed by atoms with Crippen molar-refractivity contribution in [3.8, 4) is 5.75 Å². The molecule has 0 atom stereocenters. The molecule has 0 aliphatic heterocycles. The van der Waals surface area contributed by atoms with E-state index in [0.29, 0.717) is 6.54 Å². The second-order valence-corrected chi connectivity index (χ2v) is 6.25. The van der Waals surface area contributed by atoms with Crippen LogP contribution in [0.2, 0.25) is 0 Å². The van der Waals surface area contributed by atoms with Gasteiger partial charge in [-0.3, -0.25) is 9.59 Å². The number of likely N-dealkylation sites (N-methyl/N-ethyl adjacent to an activating group) is 1. The Morgan fingerprint density at radius 1 is 0.964 bits per heavy atom. The summed E-state index contributed by atoms with van der Waals surface area (Å²) in [6.07, 6.45) is 0.954. The molecule has 0 saturated carbocycles. The van der Waals surface area contributed by atoms with Gasteiger partial charge < -0.3 is 20.1 Å². The summed E-state index contributed by atoms with van der Waals surface area (Å²) >= 11 is 0. The third kappa shape index (κ3) is 6.12. The molecular weight excluding hydrogens is 360 g/mol. The van der Waals surface area contributed by atoms with Gasteiger partial charge in [0.05, 0.1) is 0 Å². The van der Waals surface area contributed by atoms with Gasteiger partial charge in [0.2, 0.25) is 0 Å². The largest absolute Gasteiger partial charge is 0.483 e. The molecule has 0 radical (unpaired) electrons. The Balaban J connectivity index is 1.91. The number of nitrogens with two attached hydrogens (primary N) is 1. The second-order valence-electron chi connectivity index (χ2n) is 6.25. The zero-order valence-electron chi connectivity index (χ0n) is 16.0. The number of carbonyl (C=O) groups excluding carboxylic acids is 3. The lowest BCUT2D eigenvalue weighted by Crippen LogP contribution is -2.31. The van der Waals surface area contributed by atoms with E-state index < -0.39 is 18.5 Å². The van der Waals surface area contributed by atoms with Crippen LogP contribution in [0.3, 0.4) is 0 Å². The predicted molar refractivity (Wildman–Crippen MR) is 104 cm³/mol. The topological polar surface area (TPSA) is 98.9 Å². The van der Waals surface area contributed by atoms with Crippen LogP contribution in [0.5, 0.6) is 5.75 Å². The van der Waals surface area contributed by atoms with Crippen molar-refractivity contribution in [2.24, 2.45) is 5.73 Å². The van der Waals surface area contributed by atoms with Gasteiger partial charge in [-0.25, -0.2) is 4.79 Å².